The molecule has 240 valence electrons. The molecule has 0 saturated carbocycles. The predicted molar refractivity (Wildman–Crippen MR) is 175 cm³/mol. The van der Waals surface area contributed by atoms with E-state index in [1.807, 2.05) is 73.6 Å². The highest BCUT2D eigenvalue weighted by atomic mass is 32.2. The van der Waals surface area contributed by atoms with Gasteiger partial charge in [0, 0.05) is 69.2 Å². The Balaban J connectivity index is 1.41. The minimum atomic E-state index is -3.82. The standard InChI is InChI=1S/C34H42N4O6S/c1-4-32(39)35-19-9-8-14-27(24-33(40)44-25-26-12-6-5-7-13-26)34(41)37-20-22-38(23-21-37)45(42,43)31-18-11-15-28-29(31)16-10-17-30(28)36(2)3/h4-7,10-13,15-18,27H,1,8-9,14,19-25H2,2-3H3,(H,35,39)/t27-/m1/s1. The van der Waals surface area contributed by atoms with E-state index in [0.717, 1.165) is 16.6 Å². The monoisotopic (exact) mass is 634 g/mol. The molecule has 0 aliphatic carbocycles. The molecule has 10 nitrogen and oxygen atoms in total. The average molecular weight is 635 g/mol. The van der Waals surface area contributed by atoms with Gasteiger partial charge in [0.2, 0.25) is 21.8 Å². The smallest absolute Gasteiger partial charge is 0.306 e. The molecule has 1 atom stereocenters. The number of hydrogen-bond acceptors (Lipinski definition) is 7. The van der Waals surface area contributed by atoms with Crippen molar-refractivity contribution in [3.05, 3.63) is 84.9 Å². The van der Waals surface area contributed by atoms with Crippen LogP contribution in [0.15, 0.2) is 84.3 Å². The molecule has 0 bridgehead atoms. The van der Waals surface area contributed by atoms with Crippen LogP contribution >= 0.6 is 0 Å². The first-order valence-electron chi connectivity index (χ1n) is 15.2. The summed E-state index contributed by atoms with van der Waals surface area (Å²) in [4.78, 5) is 41.8. The van der Waals surface area contributed by atoms with Crippen LogP contribution in [0, 0.1) is 5.92 Å². The van der Waals surface area contributed by atoms with Gasteiger partial charge in [0.1, 0.15) is 6.61 Å². The largest absolute Gasteiger partial charge is 0.461 e. The fourth-order valence-electron chi connectivity index (χ4n) is 5.54. The highest BCUT2D eigenvalue weighted by Crippen LogP contribution is 2.32. The van der Waals surface area contributed by atoms with Gasteiger partial charge in [0.05, 0.1) is 11.3 Å². The summed E-state index contributed by atoms with van der Waals surface area (Å²) < 4.78 is 34.5. The molecular formula is C34H42N4O6S. The summed E-state index contributed by atoms with van der Waals surface area (Å²) in [5, 5.41) is 4.22. The highest BCUT2D eigenvalue weighted by molar-refractivity contribution is 7.89. The summed E-state index contributed by atoms with van der Waals surface area (Å²) in [5.41, 5.74) is 1.78. The van der Waals surface area contributed by atoms with Gasteiger partial charge in [0.25, 0.3) is 0 Å². The molecule has 3 aromatic carbocycles. The van der Waals surface area contributed by atoms with Crippen LogP contribution in [0.5, 0.6) is 0 Å². The van der Waals surface area contributed by atoms with Gasteiger partial charge in [-0.05, 0) is 36.6 Å². The molecule has 3 aromatic rings. The number of amides is 2. The molecular weight excluding hydrogens is 592 g/mol. The summed E-state index contributed by atoms with van der Waals surface area (Å²) in [5.74, 6) is -1.54. The summed E-state index contributed by atoms with van der Waals surface area (Å²) in [6.45, 7) is 4.73. The van der Waals surface area contributed by atoms with Gasteiger partial charge in [-0.2, -0.15) is 4.31 Å². The number of hydrogen-bond donors (Lipinski definition) is 1. The molecule has 1 N–H and O–H groups in total. The second kappa shape index (κ2) is 15.7. The number of sulfonamides is 1. The van der Waals surface area contributed by atoms with Crippen molar-refractivity contribution < 1.29 is 27.5 Å². The fourth-order valence-corrected chi connectivity index (χ4v) is 7.16. The lowest BCUT2D eigenvalue weighted by Crippen LogP contribution is -2.52. The fraction of sp³-hybridized carbons (Fsp3) is 0.382. The lowest BCUT2D eigenvalue weighted by Gasteiger charge is -2.36. The summed E-state index contributed by atoms with van der Waals surface area (Å²) >= 11 is 0. The Kier molecular flexibility index (Phi) is 11.7. The number of carbonyl (C=O) groups excluding carboxylic acids is 3. The molecule has 0 spiro atoms. The number of anilines is 1. The number of carbonyl (C=O) groups is 3. The highest BCUT2D eigenvalue weighted by Gasteiger charge is 2.34. The SMILES string of the molecule is C=CC(=O)NCCCC[C@H](CC(=O)OCc1ccccc1)C(=O)N1CCN(S(=O)(=O)c2cccc3c(N(C)C)cccc23)CC1. The number of esters is 1. The quantitative estimate of drug-likeness (QED) is 0.162. The molecule has 0 unspecified atom stereocenters. The average Bonchev–Trinajstić information content (AvgIpc) is 3.06. The van der Waals surface area contributed by atoms with E-state index in [0.29, 0.717) is 31.2 Å². The van der Waals surface area contributed by atoms with E-state index in [9.17, 15) is 22.8 Å². The number of rotatable bonds is 14. The Morgan fingerprint density at radius 2 is 1.62 bits per heavy atom. The predicted octanol–water partition coefficient (Wildman–Crippen LogP) is 3.96. The van der Waals surface area contributed by atoms with Crippen LogP contribution in [0.1, 0.15) is 31.2 Å². The Labute approximate surface area is 265 Å². The summed E-state index contributed by atoms with van der Waals surface area (Å²) in [6.07, 6.45) is 2.81. The Bertz CT molecular complexity index is 1600. The van der Waals surface area contributed by atoms with Crippen LogP contribution in [0.2, 0.25) is 0 Å². The summed E-state index contributed by atoms with van der Waals surface area (Å²) in [7, 11) is 0.0179. The molecule has 1 aliphatic rings. The molecule has 1 heterocycles. The van der Waals surface area contributed by atoms with Crippen molar-refractivity contribution in [1.29, 1.82) is 0 Å². The molecule has 1 aliphatic heterocycles. The molecule has 1 fully saturated rings. The third-order valence-electron chi connectivity index (χ3n) is 7.98. The van der Waals surface area contributed by atoms with E-state index in [4.69, 9.17) is 4.74 Å². The third-order valence-corrected chi connectivity index (χ3v) is 9.93. The van der Waals surface area contributed by atoms with Crippen LogP contribution in [0.4, 0.5) is 5.69 Å². The second-order valence-corrected chi connectivity index (χ2v) is 13.2. The van der Waals surface area contributed by atoms with Crippen LogP contribution in [0.3, 0.4) is 0 Å². The zero-order valence-corrected chi connectivity index (χ0v) is 26.8. The number of nitrogens with zero attached hydrogens (tertiary/aromatic N) is 3. The molecule has 2 amide bonds. The van der Waals surface area contributed by atoms with Gasteiger partial charge < -0.3 is 19.9 Å². The van der Waals surface area contributed by atoms with Gasteiger partial charge in [-0.3, -0.25) is 14.4 Å². The van der Waals surface area contributed by atoms with Crippen LogP contribution in [0.25, 0.3) is 10.8 Å². The Morgan fingerprint density at radius 3 is 2.31 bits per heavy atom. The zero-order chi connectivity index (χ0) is 32.4. The van der Waals surface area contributed by atoms with E-state index in [1.54, 1.807) is 17.0 Å². The van der Waals surface area contributed by atoms with E-state index >= 15 is 0 Å². The first-order chi connectivity index (χ1) is 21.6. The van der Waals surface area contributed by atoms with Crippen molar-refractivity contribution in [1.82, 2.24) is 14.5 Å². The Morgan fingerprint density at radius 1 is 0.933 bits per heavy atom. The minimum absolute atomic E-state index is 0.0760. The maximum atomic E-state index is 13.8. The molecule has 11 heteroatoms. The van der Waals surface area contributed by atoms with Gasteiger partial charge in [-0.15, -0.1) is 0 Å². The van der Waals surface area contributed by atoms with Crippen molar-refractivity contribution in [3.8, 4) is 0 Å². The number of fused-ring (bicyclic) bond motifs is 1. The van der Waals surface area contributed by atoms with Crippen molar-refractivity contribution in [3.63, 3.8) is 0 Å². The number of piperazine rings is 1. The summed E-state index contributed by atoms with van der Waals surface area (Å²) in [6, 6.07) is 20.3. The Hall–Kier alpha value is -4.22. The van der Waals surface area contributed by atoms with Crippen molar-refractivity contribution in [2.24, 2.45) is 5.92 Å². The van der Waals surface area contributed by atoms with Crippen molar-refractivity contribution in [2.45, 2.75) is 37.2 Å². The number of ether oxygens (including phenoxy) is 1. The number of nitrogens with one attached hydrogen (secondary N) is 1. The normalized spacial score (nSPS) is 14.5. The van der Waals surface area contributed by atoms with Gasteiger partial charge in [-0.25, -0.2) is 8.42 Å². The van der Waals surface area contributed by atoms with Crippen molar-refractivity contribution in [2.75, 3.05) is 51.7 Å². The maximum absolute atomic E-state index is 13.8. The van der Waals surface area contributed by atoms with E-state index in [-0.39, 0.29) is 55.9 Å². The van der Waals surface area contributed by atoms with Crippen LogP contribution in [-0.4, -0.2) is 82.2 Å². The third kappa shape index (κ3) is 8.70. The zero-order valence-electron chi connectivity index (χ0n) is 26.0. The van der Waals surface area contributed by atoms with Crippen LogP contribution < -0.4 is 10.2 Å². The van der Waals surface area contributed by atoms with Gasteiger partial charge in [0.15, 0.2) is 0 Å². The second-order valence-electron chi connectivity index (χ2n) is 11.3. The molecule has 1 saturated heterocycles. The number of benzene rings is 3. The first-order valence-corrected chi connectivity index (χ1v) is 16.6. The van der Waals surface area contributed by atoms with E-state index < -0.39 is 21.9 Å². The van der Waals surface area contributed by atoms with Crippen LogP contribution in [-0.2, 0) is 35.8 Å². The van der Waals surface area contributed by atoms with Gasteiger partial charge in [-0.1, -0.05) is 67.6 Å². The lowest BCUT2D eigenvalue weighted by molar-refractivity contribution is -0.150. The number of unbranched alkanes of at least 4 members (excludes halogenated alkanes) is 1. The van der Waals surface area contributed by atoms with Crippen molar-refractivity contribution >= 4 is 44.3 Å². The molecule has 45 heavy (non-hydrogen) atoms. The van der Waals surface area contributed by atoms with Gasteiger partial charge >= 0.3 is 5.97 Å². The molecule has 0 aromatic heterocycles. The maximum Gasteiger partial charge on any atom is 0.306 e. The minimum Gasteiger partial charge on any atom is -0.461 e. The van der Waals surface area contributed by atoms with E-state index in [2.05, 4.69) is 11.9 Å². The molecule has 4 rings (SSSR count). The lowest BCUT2D eigenvalue weighted by atomic mass is 9.96. The molecule has 0 radical (unpaired) electrons. The first kappa shape index (κ1) is 33.7. The van der Waals surface area contributed by atoms with E-state index in [1.165, 1.54) is 10.4 Å². The topological polar surface area (TPSA) is 116 Å².